The van der Waals surface area contributed by atoms with E-state index in [0.717, 1.165) is 22.9 Å². The minimum Gasteiger partial charge on any atom is -0.390 e. The van der Waals surface area contributed by atoms with Crippen LogP contribution in [0.1, 0.15) is 32.3 Å². The number of hydrogen-bond acceptors (Lipinski definition) is 2. The predicted octanol–water partition coefficient (Wildman–Crippen LogP) is 3.56. The highest BCUT2D eigenvalue weighted by atomic mass is 79.9. The van der Waals surface area contributed by atoms with Gasteiger partial charge in [-0.25, -0.2) is 0 Å². The molecule has 0 heterocycles. The van der Waals surface area contributed by atoms with Gasteiger partial charge in [0.15, 0.2) is 0 Å². The van der Waals surface area contributed by atoms with Crippen molar-refractivity contribution >= 4 is 15.9 Å². The Bertz CT molecular complexity index is 322. The molecular weight excluding hydrogens is 280 g/mol. The Morgan fingerprint density at radius 2 is 2.12 bits per heavy atom. The van der Waals surface area contributed by atoms with Gasteiger partial charge in [0.25, 0.3) is 0 Å². The maximum Gasteiger partial charge on any atom is 0.0842 e. The van der Waals surface area contributed by atoms with Crippen molar-refractivity contribution in [2.24, 2.45) is 0 Å². The van der Waals surface area contributed by atoms with Gasteiger partial charge < -0.3 is 9.84 Å². The van der Waals surface area contributed by atoms with E-state index in [0.29, 0.717) is 13.0 Å². The summed E-state index contributed by atoms with van der Waals surface area (Å²) in [6.45, 7) is 4.73. The lowest BCUT2D eigenvalue weighted by Gasteiger charge is -2.22. The van der Waals surface area contributed by atoms with Crippen LogP contribution in [-0.2, 0) is 11.2 Å². The van der Waals surface area contributed by atoms with Gasteiger partial charge in [-0.2, -0.15) is 0 Å². The molecule has 0 radical (unpaired) electrons. The molecule has 0 fully saturated rings. The molecule has 0 bridgehead atoms. The second kappa shape index (κ2) is 7.85. The van der Waals surface area contributed by atoms with Gasteiger partial charge >= 0.3 is 0 Å². The van der Waals surface area contributed by atoms with Crippen LogP contribution in [-0.4, -0.2) is 23.9 Å². The van der Waals surface area contributed by atoms with Crippen LogP contribution >= 0.6 is 15.9 Å². The molecule has 2 atom stereocenters. The average Bonchev–Trinajstić information content (AvgIpc) is 2.28. The third-order valence-corrected chi connectivity index (χ3v) is 3.21. The van der Waals surface area contributed by atoms with Gasteiger partial charge in [-0.05, 0) is 31.0 Å². The normalized spacial score (nSPS) is 14.6. The van der Waals surface area contributed by atoms with Gasteiger partial charge in [0, 0.05) is 17.5 Å². The summed E-state index contributed by atoms with van der Waals surface area (Å²) in [5.74, 6) is 0. The number of benzene rings is 1. The first-order valence-electron chi connectivity index (χ1n) is 6.21. The second-order valence-electron chi connectivity index (χ2n) is 4.18. The fourth-order valence-corrected chi connectivity index (χ4v) is 2.37. The van der Waals surface area contributed by atoms with Crippen LogP contribution in [0, 0.1) is 0 Å². The number of rotatable bonds is 7. The Morgan fingerprint density at radius 3 is 2.71 bits per heavy atom. The molecule has 0 aliphatic heterocycles. The molecule has 0 aromatic heterocycles. The Balaban J connectivity index is 2.59. The number of aliphatic hydroxyl groups excluding tert-OH is 1. The van der Waals surface area contributed by atoms with Crippen LogP contribution in [0.5, 0.6) is 0 Å². The summed E-state index contributed by atoms with van der Waals surface area (Å²) in [4.78, 5) is 0. The van der Waals surface area contributed by atoms with E-state index in [1.807, 2.05) is 31.2 Å². The smallest absolute Gasteiger partial charge is 0.0842 e. The van der Waals surface area contributed by atoms with Crippen molar-refractivity contribution in [3.8, 4) is 0 Å². The van der Waals surface area contributed by atoms with Crippen molar-refractivity contribution in [1.29, 1.82) is 0 Å². The lowest BCUT2D eigenvalue weighted by atomic mass is 10.0. The van der Waals surface area contributed by atoms with Crippen LogP contribution in [0.25, 0.3) is 0 Å². The number of aliphatic hydroxyl groups is 1. The molecule has 0 aliphatic carbocycles. The van der Waals surface area contributed by atoms with Crippen molar-refractivity contribution in [3.63, 3.8) is 0 Å². The average molecular weight is 301 g/mol. The van der Waals surface area contributed by atoms with Crippen LogP contribution < -0.4 is 0 Å². The van der Waals surface area contributed by atoms with Gasteiger partial charge in [-0.15, -0.1) is 0 Å². The highest BCUT2D eigenvalue weighted by Crippen LogP contribution is 2.16. The lowest BCUT2D eigenvalue weighted by molar-refractivity contribution is -0.0363. The lowest BCUT2D eigenvalue weighted by Crippen LogP contribution is -2.30. The van der Waals surface area contributed by atoms with Crippen LogP contribution in [0.3, 0.4) is 0 Å². The van der Waals surface area contributed by atoms with E-state index in [1.165, 1.54) is 0 Å². The molecule has 2 unspecified atom stereocenters. The van der Waals surface area contributed by atoms with Crippen molar-refractivity contribution < 1.29 is 9.84 Å². The fraction of sp³-hybridized carbons (Fsp3) is 0.571. The first-order chi connectivity index (χ1) is 8.17. The Morgan fingerprint density at radius 1 is 1.35 bits per heavy atom. The maximum absolute atomic E-state index is 10.2. The summed E-state index contributed by atoms with van der Waals surface area (Å²) in [7, 11) is 0. The molecule has 0 saturated heterocycles. The van der Waals surface area contributed by atoms with E-state index < -0.39 is 6.10 Å². The van der Waals surface area contributed by atoms with Crippen LogP contribution in [0.2, 0.25) is 0 Å². The second-order valence-corrected chi connectivity index (χ2v) is 5.10. The summed E-state index contributed by atoms with van der Waals surface area (Å²) in [6, 6.07) is 8.05. The Kier molecular flexibility index (Phi) is 6.78. The summed E-state index contributed by atoms with van der Waals surface area (Å²) in [6.07, 6.45) is 2.10. The van der Waals surface area contributed by atoms with Crippen molar-refractivity contribution in [1.82, 2.24) is 0 Å². The van der Waals surface area contributed by atoms with E-state index in [-0.39, 0.29) is 6.10 Å². The molecule has 1 N–H and O–H groups in total. The highest BCUT2D eigenvalue weighted by Gasteiger charge is 2.18. The Hall–Kier alpha value is -0.380. The van der Waals surface area contributed by atoms with E-state index in [4.69, 9.17) is 4.74 Å². The predicted molar refractivity (Wildman–Crippen MR) is 74.2 cm³/mol. The minimum absolute atomic E-state index is 0.0519. The maximum atomic E-state index is 10.2. The first-order valence-corrected chi connectivity index (χ1v) is 7.00. The Labute approximate surface area is 112 Å². The molecule has 96 valence electrons. The topological polar surface area (TPSA) is 29.5 Å². The zero-order valence-corrected chi connectivity index (χ0v) is 12.1. The van der Waals surface area contributed by atoms with E-state index in [9.17, 15) is 5.11 Å². The van der Waals surface area contributed by atoms with Gasteiger partial charge in [-0.3, -0.25) is 0 Å². The standard InChI is InChI=1S/C14H21BrO2/c1-3-6-14(17-4-2)13(16)10-11-7-5-8-12(15)9-11/h5,7-9,13-14,16H,3-4,6,10H2,1-2H3. The quantitative estimate of drug-likeness (QED) is 0.834. The largest absolute Gasteiger partial charge is 0.390 e. The molecule has 2 nitrogen and oxygen atoms in total. The number of hydrogen-bond donors (Lipinski definition) is 1. The molecule has 17 heavy (non-hydrogen) atoms. The minimum atomic E-state index is -0.427. The summed E-state index contributed by atoms with van der Waals surface area (Å²) >= 11 is 3.44. The zero-order chi connectivity index (χ0) is 12.7. The van der Waals surface area contributed by atoms with E-state index in [1.54, 1.807) is 0 Å². The van der Waals surface area contributed by atoms with Crippen molar-refractivity contribution in [3.05, 3.63) is 34.3 Å². The molecule has 0 amide bonds. The zero-order valence-electron chi connectivity index (χ0n) is 10.5. The SMILES string of the molecule is CCCC(OCC)C(O)Cc1cccc(Br)c1. The molecule has 0 spiro atoms. The van der Waals surface area contributed by atoms with E-state index in [2.05, 4.69) is 22.9 Å². The molecule has 0 saturated carbocycles. The monoisotopic (exact) mass is 300 g/mol. The van der Waals surface area contributed by atoms with Gasteiger partial charge in [0.1, 0.15) is 0 Å². The molecule has 1 aromatic carbocycles. The summed E-state index contributed by atoms with van der Waals surface area (Å²) in [5, 5.41) is 10.2. The summed E-state index contributed by atoms with van der Waals surface area (Å²) in [5.41, 5.74) is 1.13. The van der Waals surface area contributed by atoms with Gasteiger partial charge in [0.05, 0.1) is 12.2 Å². The molecule has 0 aliphatic rings. The number of ether oxygens (including phenoxy) is 1. The molecule has 1 rings (SSSR count). The fourth-order valence-electron chi connectivity index (χ4n) is 1.92. The van der Waals surface area contributed by atoms with Crippen molar-refractivity contribution in [2.45, 2.75) is 45.3 Å². The third-order valence-electron chi connectivity index (χ3n) is 2.72. The van der Waals surface area contributed by atoms with Crippen LogP contribution in [0.15, 0.2) is 28.7 Å². The first kappa shape index (κ1) is 14.7. The van der Waals surface area contributed by atoms with E-state index >= 15 is 0 Å². The molecule has 3 heteroatoms. The molecule has 1 aromatic rings. The highest BCUT2D eigenvalue weighted by molar-refractivity contribution is 9.10. The summed E-state index contributed by atoms with van der Waals surface area (Å²) < 4.78 is 6.63. The van der Waals surface area contributed by atoms with Gasteiger partial charge in [0.2, 0.25) is 0 Å². The van der Waals surface area contributed by atoms with Gasteiger partial charge in [-0.1, -0.05) is 41.4 Å². The number of halogens is 1. The van der Waals surface area contributed by atoms with Crippen molar-refractivity contribution in [2.75, 3.05) is 6.61 Å². The van der Waals surface area contributed by atoms with Crippen LogP contribution in [0.4, 0.5) is 0 Å². The molecular formula is C14H21BrO2. The third kappa shape index (κ3) is 5.19.